The van der Waals surface area contributed by atoms with Gasteiger partial charge < -0.3 is 0 Å². The van der Waals surface area contributed by atoms with Crippen LogP contribution in [0.15, 0.2) is 42.5 Å². The van der Waals surface area contributed by atoms with Crippen LogP contribution in [0.25, 0.3) is 0 Å². The first kappa shape index (κ1) is 24.3. The van der Waals surface area contributed by atoms with Crippen molar-refractivity contribution in [3.05, 3.63) is 64.7 Å². The molecule has 0 aliphatic heterocycles. The standard InChI is InChI=1S/C22H30Cl4Si2/c1-5-18-10-12-19(13-11-18)17(3)16-28(25,26)15-14-20-8-7-9-22(21(20)6-2)27(4,23)24/h7-13,17H,5-6,14-16H2,1-4H3. The van der Waals surface area contributed by atoms with Crippen LogP contribution in [0.4, 0.5) is 0 Å². The number of hydrogen-bond acceptors (Lipinski definition) is 0. The Morgan fingerprint density at radius 2 is 1.54 bits per heavy atom. The van der Waals surface area contributed by atoms with Gasteiger partial charge in [0.2, 0.25) is 0 Å². The van der Waals surface area contributed by atoms with Crippen LogP contribution in [0, 0.1) is 0 Å². The summed E-state index contributed by atoms with van der Waals surface area (Å²) in [5.74, 6) is 0.367. The minimum absolute atomic E-state index is 0.367. The van der Waals surface area contributed by atoms with E-state index in [9.17, 15) is 0 Å². The minimum Gasteiger partial charge on any atom is -0.146 e. The third-order valence-electron chi connectivity index (χ3n) is 5.42. The summed E-state index contributed by atoms with van der Waals surface area (Å²) in [6.07, 6.45) is 2.87. The van der Waals surface area contributed by atoms with Gasteiger partial charge in [-0.05, 0) is 71.3 Å². The van der Waals surface area contributed by atoms with Gasteiger partial charge in [0.25, 0.3) is 13.4 Å². The summed E-state index contributed by atoms with van der Waals surface area (Å²) in [6.45, 7) is 3.76. The summed E-state index contributed by atoms with van der Waals surface area (Å²) in [4.78, 5) is 0. The SMILES string of the molecule is CCc1ccc(C(C)C[Si](Cl)(Cl)CCc2cccc([Si](C)(Cl)Cl)c2CC)cc1. The first-order valence-corrected chi connectivity index (χ1v) is 19.0. The predicted molar refractivity (Wildman–Crippen MR) is 134 cm³/mol. The van der Waals surface area contributed by atoms with Crippen LogP contribution in [0.1, 0.15) is 48.9 Å². The van der Waals surface area contributed by atoms with Crippen molar-refractivity contribution in [2.24, 2.45) is 0 Å². The highest BCUT2D eigenvalue weighted by Gasteiger charge is 2.32. The highest BCUT2D eigenvalue weighted by Crippen LogP contribution is 2.35. The molecule has 6 heteroatoms. The third-order valence-corrected chi connectivity index (χ3v) is 12.3. The molecule has 0 nitrogen and oxygen atoms in total. The lowest BCUT2D eigenvalue weighted by atomic mass is 10.0. The zero-order valence-corrected chi connectivity index (χ0v) is 22.2. The molecule has 0 N–H and O–H groups in total. The second-order valence-electron chi connectivity index (χ2n) is 7.74. The molecular weight excluding hydrogens is 462 g/mol. The molecule has 0 heterocycles. The Kier molecular flexibility index (Phi) is 9.00. The zero-order chi connectivity index (χ0) is 20.9. The normalized spacial score (nSPS) is 13.6. The van der Waals surface area contributed by atoms with Crippen molar-refractivity contribution >= 4 is 62.9 Å². The fourth-order valence-electron chi connectivity index (χ4n) is 3.76. The molecule has 0 amide bonds. The van der Waals surface area contributed by atoms with E-state index in [1.807, 2.05) is 6.55 Å². The average molecular weight is 492 g/mol. The summed E-state index contributed by atoms with van der Waals surface area (Å²) in [7, 11) is 0. The summed E-state index contributed by atoms with van der Waals surface area (Å²) >= 11 is 26.8. The highest BCUT2D eigenvalue weighted by molar-refractivity contribution is 7.50. The molecule has 0 saturated heterocycles. The van der Waals surface area contributed by atoms with Gasteiger partial charge in [0, 0.05) is 0 Å². The van der Waals surface area contributed by atoms with Crippen LogP contribution in [0.5, 0.6) is 0 Å². The monoisotopic (exact) mass is 490 g/mol. The van der Waals surface area contributed by atoms with E-state index in [1.54, 1.807) is 0 Å². The van der Waals surface area contributed by atoms with Crippen molar-refractivity contribution in [1.82, 2.24) is 0 Å². The number of halogens is 4. The number of benzene rings is 2. The fraction of sp³-hybridized carbons (Fsp3) is 0.455. The van der Waals surface area contributed by atoms with Gasteiger partial charge in [-0.3, -0.25) is 0 Å². The Hall–Kier alpha value is 0.0338. The average Bonchev–Trinajstić information content (AvgIpc) is 2.65. The Bertz CT molecular complexity index is 767. The molecule has 2 aromatic carbocycles. The number of rotatable bonds is 9. The molecule has 2 aromatic rings. The molecule has 154 valence electrons. The van der Waals surface area contributed by atoms with Crippen molar-refractivity contribution < 1.29 is 0 Å². The Labute approximate surface area is 191 Å². The summed E-state index contributed by atoms with van der Waals surface area (Å²) in [6, 6.07) is 16.8. The molecule has 1 unspecified atom stereocenters. The molecule has 0 radical (unpaired) electrons. The van der Waals surface area contributed by atoms with Gasteiger partial charge in [-0.2, -0.15) is 0 Å². The Morgan fingerprint density at radius 1 is 0.893 bits per heavy atom. The molecule has 0 aliphatic rings. The molecule has 0 bridgehead atoms. The quantitative estimate of drug-likeness (QED) is 0.247. The lowest BCUT2D eigenvalue weighted by Gasteiger charge is -2.23. The van der Waals surface area contributed by atoms with Gasteiger partial charge in [0.1, 0.15) is 0 Å². The molecule has 1 atom stereocenters. The van der Waals surface area contributed by atoms with E-state index in [0.717, 1.165) is 36.5 Å². The summed E-state index contributed by atoms with van der Waals surface area (Å²) < 4.78 is 0. The van der Waals surface area contributed by atoms with Crippen molar-refractivity contribution in [3.63, 3.8) is 0 Å². The zero-order valence-electron chi connectivity index (χ0n) is 17.2. The lowest BCUT2D eigenvalue weighted by molar-refractivity contribution is 0.846. The molecule has 0 spiro atoms. The maximum absolute atomic E-state index is 6.88. The largest absolute Gasteiger partial charge is 0.278 e. The Balaban J connectivity index is 2.08. The van der Waals surface area contributed by atoms with Crippen LogP contribution in [-0.2, 0) is 19.3 Å². The predicted octanol–water partition coefficient (Wildman–Crippen LogP) is 7.83. The van der Waals surface area contributed by atoms with Crippen molar-refractivity contribution in [1.29, 1.82) is 0 Å². The smallest absolute Gasteiger partial charge is 0.146 e. The van der Waals surface area contributed by atoms with Gasteiger partial charge >= 0.3 is 0 Å². The summed E-state index contributed by atoms with van der Waals surface area (Å²) in [5, 5.41) is 1.12. The molecule has 28 heavy (non-hydrogen) atoms. The summed E-state index contributed by atoms with van der Waals surface area (Å²) in [5.41, 5.74) is 5.25. The van der Waals surface area contributed by atoms with E-state index < -0.39 is 13.4 Å². The van der Waals surface area contributed by atoms with E-state index in [2.05, 4.69) is 63.2 Å². The van der Waals surface area contributed by atoms with E-state index >= 15 is 0 Å². The van der Waals surface area contributed by atoms with Crippen LogP contribution >= 0.6 is 44.3 Å². The minimum atomic E-state index is -2.39. The van der Waals surface area contributed by atoms with Crippen LogP contribution in [-0.4, -0.2) is 13.4 Å². The molecule has 0 aliphatic carbocycles. The fourth-order valence-corrected chi connectivity index (χ4v) is 10.0. The van der Waals surface area contributed by atoms with Crippen LogP contribution < -0.4 is 5.19 Å². The molecular formula is C22H30Cl4Si2. The topological polar surface area (TPSA) is 0 Å². The van der Waals surface area contributed by atoms with Gasteiger partial charge in [-0.15, -0.1) is 44.3 Å². The maximum Gasteiger partial charge on any atom is 0.278 e. The molecule has 0 saturated carbocycles. The second-order valence-corrected chi connectivity index (χ2v) is 22.7. The van der Waals surface area contributed by atoms with E-state index in [4.69, 9.17) is 44.3 Å². The highest BCUT2D eigenvalue weighted by atomic mass is 35.7. The second kappa shape index (κ2) is 10.4. The molecule has 0 aromatic heterocycles. The Morgan fingerprint density at radius 3 is 2.07 bits per heavy atom. The number of hydrogen-bond donors (Lipinski definition) is 0. The van der Waals surface area contributed by atoms with Gasteiger partial charge in [0.05, 0.1) is 0 Å². The van der Waals surface area contributed by atoms with E-state index in [-0.39, 0.29) is 0 Å². The first-order valence-electron chi connectivity index (χ1n) is 10.0. The molecule has 2 rings (SSSR count). The lowest BCUT2D eigenvalue weighted by Crippen LogP contribution is -2.36. The van der Waals surface area contributed by atoms with E-state index in [1.165, 1.54) is 22.3 Å². The first-order chi connectivity index (χ1) is 13.1. The van der Waals surface area contributed by atoms with Crippen molar-refractivity contribution in [3.8, 4) is 0 Å². The van der Waals surface area contributed by atoms with Crippen LogP contribution in [0.3, 0.4) is 0 Å². The van der Waals surface area contributed by atoms with E-state index in [0.29, 0.717) is 5.92 Å². The van der Waals surface area contributed by atoms with Gasteiger partial charge in [0.15, 0.2) is 0 Å². The maximum atomic E-state index is 6.88. The number of aryl methyl sites for hydroxylation is 2. The van der Waals surface area contributed by atoms with Crippen LogP contribution in [0.2, 0.25) is 18.6 Å². The van der Waals surface area contributed by atoms with Gasteiger partial charge in [-0.25, -0.2) is 0 Å². The third kappa shape index (κ3) is 6.79. The van der Waals surface area contributed by atoms with Gasteiger partial charge in [-0.1, -0.05) is 63.2 Å². The van der Waals surface area contributed by atoms with Crippen molar-refractivity contribution in [2.45, 2.75) is 64.6 Å². The van der Waals surface area contributed by atoms with Crippen molar-refractivity contribution in [2.75, 3.05) is 0 Å². The molecule has 0 fully saturated rings.